The molecular formula is C18H13F2N3O2. The van der Waals surface area contributed by atoms with E-state index in [-0.39, 0.29) is 11.1 Å². The van der Waals surface area contributed by atoms with Crippen molar-refractivity contribution in [2.24, 2.45) is 0 Å². The highest BCUT2D eigenvalue weighted by Gasteiger charge is 2.14. The Morgan fingerprint density at radius 1 is 0.880 bits per heavy atom. The largest absolute Gasteiger partial charge is 0.270 e. The van der Waals surface area contributed by atoms with Gasteiger partial charge < -0.3 is 0 Å². The van der Waals surface area contributed by atoms with Gasteiger partial charge in [-0.1, -0.05) is 0 Å². The van der Waals surface area contributed by atoms with Gasteiger partial charge in [0, 0.05) is 22.7 Å². The van der Waals surface area contributed by atoms with E-state index in [0.717, 1.165) is 12.1 Å². The molecular weight excluding hydrogens is 328 g/mol. The second kappa shape index (κ2) is 6.64. The molecule has 0 aliphatic heterocycles. The van der Waals surface area contributed by atoms with Crippen LogP contribution < -0.4 is 10.9 Å². The van der Waals surface area contributed by atoms with E-state index in [4.69, 9.17) is 0 Å². The van der Waals surface area contributed by atoms with E-state index >= 15 is 0 Å². The van der Waals surface area contributed by atoms with Crippen LogP contribution in [0.4, 0.5) is 8.78 Å². The molecule has 3 rings (SSSR count). The summed E-state index contributed by atoms with van der Waals surface area (Å²) < 4.78 is 26.2. The van der Waals surface area contributed by atoms with Gasteiger partial charge in [0.1, 0.15) is 11.6 Å². The molecule has 0 bridgehead atoms. The molecule has 7 heteroatoms. The predicted molar refractivity (Wildman–Crippen MR) is 87.8 cm³/mol. The fraction of sp³-hybridized carbons (Fsp3) is 0.0556. The maximum Gasteiger partial charge on any atom is 0.270 e. The summed E-state index contributed by atoms with van der Waals surface area (Å²) in [7, 11) is 0. The zero-order valence-electron chi connectivity index (χ0n) is 13.1. The number of benzene rings is 2. The van der Waals surface area contributed by atoms with Crippen LogP contribution in [-0.4, -0.2) is 16.8 Å². The number of nitrogens with one attached hydrogen (secondary N) is 2. The minimum atomic E-state index is -0.588. The number of carbonyl (C=O) groups excluding carboxylic acids is 2. The Kier molecular flexibility index (Phi) is 4.38. The van der Waals surface area contributed by atoms with Gasteiger partial charge in [-0.2, -0.15) is 0 Å². The average molecular weight is 341 g/mol. The zero-order chi connectivity index (χ0) is 18.0. The number of hydrogen-bond donors (Lipinski definition) is 2. The molecule has 0 atom stereocenters. The fourth-order valence-corrected chi connectivity index (χ4v) is 2.38. The second-order valence-corrected chi connectivity index (χ2v) is 5.39. The molecule has 5 nitrogen and oxygen atoms in total. The van der Waals surface area contributed by atoms with Crippen LogP contribution in [0.25, 0.3) is 10.9 Å². The van der Waals surface area contributed by atoms with E-state index < -0.39 is 23.4 Å². The number of amides is 2. The van der Waals surface area contributed by atoms with Crippen molar-refractivity contribution < 1.29 is 18.4 Å². The van der Waals surface area contributed by atoms with Crippen LogP contribution in [-0.2, 0) is 0 Å². The highest BCUT2D eigenvalue weighted by Crippen LogP contribution is 2.19. The minimum Gasteiger partial charge on any atom is -0.267 e. The van der Waals surface area contributed by atoms with Crippen molar-refractivity contribution >= 4 is 22.7 Å². The second-order valence-electron chi connectivity index (χ2n) is 5.39. The van der Waals surface area contributed by atoms with Crippen molar-refractivity contribution in [3.05, 3.63) is 77.0 Å². The lowest BCUT2D eigenvalue weighted by Crippen LogP contribution is -2.41. The lowest BCUT2D eigenvalue weighted by atomic mass is 10.1. The third-order valence-electron chi connectivity index (χ3n) is 3.54. The number of nitrogens with zero attached hydrogens (tertiary/aromatic N) is 1. The van der Waals surface area contributed by atoms with Crippen molar-refractivity contribution in [3.8, 4) is 0 Å². The quantitative estimate of drug-likeness (QED) is 0.704. The highest BCUT2D eigenvalue weighted by molar-refractivity contribution is 6.07. The molecule has 0 radical (unpaired) electrons. The van der Waals surface area contributed by atoms with Crippen molar-refractivity contribution in [1.82, 2.24) is 15.8 Å². The molecule has 0 fully saturated rings. The van der Waals surface area contributed by atoms with Crippen molar-refractivity contribution in [3.63, 3.8) is 0 Å². The summed E-state index contributed by atoms with van der Waals surface area (Å²) in [6, 6.07) is 10.3. The van der Waals surface area contributed by atoms with Gasteiger partial charge in [-0.15, -0.1) is 0 Å². The molecule has 0 saturated heterocycles. The summed E-state index contributed by atoms with van der Waals surface area (Å²) in [6.07, 6.45) is 0. The average Bonchev–Trinajstić information content (AvgIpc) is 2.58. The first-order valence-electron chi connectivity index (χ1n) is 7.37. The monoisotopic (exact) mass is 341 g/mol. The van der Waals surface area contributed by atoms with Crippen molar-refractivity contribution in [2.45, 2.75) is 6.92 Å². The molecule has 0 spiro atoms. The van der Waals surface area contributed by atoms with Gasteiger partial charge in [-0.05, 0) is 49.4 Å². The number of carbonyl (C=O) groups is 2. The van der Waals surface area contributed by atoms with Crippen LogP contribution >= 0.6 is 0 Å². The van der Waals surface area contributed by atoms with E-state index in [1.54, 1.807) is 13.0 Å². The Labute approximate surface area is 141 Å². The number of hydrogen-bond acceptors (Lipinski definition) is 3. The third kappa shape index (κ3) is 3.60. The number of hydrazine groups is 1. The van der Waals surface area contributed by atoms with Gasteiger partial charge in [0.15, 0.2) is 0 Å². The van der Waals surface area contributed by atoms with Gasteiger partial charge in [-0.25, -0.2) is 8.78 Å². The first-order chi connectivity index (χ1) is 11.9. The first-order valence-corrected chi connectivity index (χ1v) is 7.37. The lowest BCUT2D eigenvalue weighted by Gasteiger charge is -2.10. The van der Waals surface area contributed by atoms with E-state index in [1.165, 1.54) is 30.3 Å². The Morgan fingerprint density at radius 3 is 2.24 bits per heavy atom. The smallest absolute Gasteiger partial charge is 0.267 e. The molecule has 0 aliphatic carbocycles. The first kappa shape index (κ1) is 16.5. The SMILES string of the molecule is Cc1cc(C(=O)NNC(=O)c2ccc(F)cc2)c2ccc(F)cc2n1. The van der Waals surface area contributed by atoms with Crippen LogP contribution in [0.15, 0.2) is 48.5 Å². The zero-order valence-corrected chi connectivity index (χ0v) is 13.1. The predicted octanol–water partition coefficient (Wildman–Crippen LogP) is 2.90. The molecule has 2 aromatic carbocycles. The summed E-state index contributed by atoms with van der Waals surface area (Å²) in [4.78, 5) is 28.5. The molecule has 25 heavy (non-hydrogen) atoms. The van der Waals surface area contributed by atoms with Gasteiger partial charge in [0.2, 0.25) is 0 Å². The lowest BCUT2D eigenvalue weighted by molar-refractivity contribution is 0.0847. The van der Waals surface area contributed by atoms with E-state index in [2.05, 4.69) is 15.8 Å². The number of aromatic nitrogens is 1. The summed E-state index contributed by atoms with van der Waals surface area (Å²) in [5.41, 5.74) is 5.87. The molecule has 126 valence electrons. The minimum absolute atomic E-state index is 0.194. The Bertz CT molecular complexity index is 967. The molecule has 2 N–H and O–H groups in total. The number of rotatable bonds is 2. The van der Waals surface area contributed by atoms with Crippen molar-refractivity contribution in [2.75, 3.05) is 0 Å². The number of halogens is 2. The molecule has 3 aromatic rings. The standard InChI is InChI=1S/C18H13F2N3O2/c1-10-8-15(14-7-6-13(20)9-16(14)21-10)18(25)23-22-17(24)11-2-4-12(19)5-3-11/h2-9H,1H3,(H,22,24)(H,23,25). The summed E-state index contributed by atoms with van der Waals surface area (Å²) in [6.45, 7) is 1.68. The number of aryl methyl sites for hydroxylation is 1. The van der Waals surface area contributed by atoms with Crippen LogP contribution in [0.5, 0.6) is 0 Å². The van der Waals surface area contributed by atoms with Crippen LogP contribution in [0.3, 0.4) is 0 Å². The molecule has 0 unspecified atom stereocenters. The van der Waals surface area contributed by atoms with Crippen LogP contribution in [0, 0.1) is 18.6 Å². The normalized spacial score (nSPS) is 10.5. The number of fused-ring (bicyclic) bond motifs is 1. The summed E-state index contributed by atoms with van der Waals surface area (Å²) in [5.74, 6) is -2.08. The molecule has 0 saturated carbocycles. The van der Waals surface area contributed by atoms with Crippen molar-refractivity contribution in [1.29, 1.82) is 0 Å². The fourth-order valence-electron chi connectivity index (χ4n) is 2.38. The summed E-state index contributed by atoms with van der Waals surface area (Å²) in [5, 5.41) is 0.459. The van der Waals surface area contributed by atoms with E-state index in [0.29, 0.717) is 16.6 Å². The summed E-state index contributed by atoms with van der Waals surface area (Å²) >= 11 is 0. The third-order valence-corrected chi connectivity index (χ3v) is 3.54. The van der Waals surface area contributed by atoms with Gasteiger partial charge in [0.25, 0.3) is 11.8 Å². The van der Waals surface area contributed by atoms with E-state index in [1.807, 2.05) is 0 Å². The van der Waals surface area contributed by atoms with Gasteiger partial charge >= 0.3 is 0 Å². The maximum absolute atomic E-state index is 13.3. The molecule has 0 aliphatic rings. The maximum atomic E-state index is 13.3. The number of pyridine rings is 1. The Hall–Kier alpha value is -3.35. The van der Waals surface area contributed by atoms with Gasteiger partial charge in [-0.3, -0.25) is 25.4 Å². The highest BCUT2D eigenvalue weighted by atomic mass is 19.1. The van der Waals surface area contributed by atoms with Crippen LogP contribution in [0.2, 0.25) is 0 Å². The Balaban J connectivity index is 1.80. The Morgan fingerprint density at radius 2 is 1.52 bits per heavy atom. The van der Waals surface area contributed by atoms with E-state index in [9.17, 15) is 18.4 Å². The molecule has 1 heterocycles. The van der Waals surface area contributed by atoms with Gasteiger partial charge in [0.05, 0.1) is 11.1 Å². The molecule has 2 amide bonds. The molecule has 1 aromatic heterocycles. The van der Waals surface area contributed by atoms with Crippen LogP contribution in [0.1, 0.15) is 26.4 Å². The topological polar surface area (TPSA) is 71.1 Å².